The summed E-state index contributed by atoms with van der Waals surface area (Å²) in [6, 6.07) is 11.0. The van der Waals surface area contributed by atoms with E-state index in [1.165, 1.54) is 0 Å². The van der Waals surface area contributed by atoms with Crippen molar-refractivity contribution >= 4 is 33.4 Å². The highest BCUT2D eigenvalue weighted by atomic mass is 79.9. The first-order valence-corrected chi connectivity index (χ1v) is 10.8. The third kappa shape index (κ3) is 3.01. The zero-order valence-corrected chi connectivity index (χ0v) is 17.7. The average molecular weight is 453 g/mol. The van der Waals surface area contributed by atoms with Crippen molar-refractivity contribution in [1.29, 1.82) is 0 Å². The second kappa shape index (κ2) is 7.10. The molecule has 6 heteroatoms. The Bertz CT molecular complexity index is 1030. The summed E-state index contributed by atoms with van der Waals surface area (Å²) >= 11 is 3.47. The number of aryl methyl sites for hydroxylation is 1. The lowest BCUT2D eigenvalue weighted by Gasteiger charge is -2.35. The summed E-state index contributed by atoms with van der Waals surface area (Å²) in [5, 5.41) is 0. The zero-order chi connectivity index (χ0) is 20.1. The molecule has 0 saturated heterocycles. The summed E-state index contributed by atoms with van der Waals surface area (Å²) in [5.41, 5.74) is 2.37. The maximum absolute atomic E-state index is 13.5. The molecule has 3 unspecified atom stereocenters. The maximum Gasteiger partial charge on any atom is 0.295 e. The van der Waals surface area contributed by atoms with Gasteiger partial charge in [-0.2, -0.15) is 0 Å². The predicted molar refractivity (Wildman–Crippen MR) is 112 cm³/mol. The number of benzene rings is 1. The maximum atomic E-state index is 13.5. The molecule has 1 aliphatic carbocycles. The number of ketones is 1. The van der Waals surface area contributed by atoms with Crippen molar-refractivity contribution in [3.8, 4) is 0 Å². The molecule has 5 nitrogen and oxygen atoms in total. The topological polar surface area (TPSA) is 59.5 Å². The van der Waals surface area contributed by atoms with Crippen molar-refractivity contribution in [3.63, 3.8) is 0 Å². The van der Waals surface area contributed by atoms with Crippen LogP contribution < -0.4 is 4.90 Å². The van der Waals surface area contributed by atoms with E-state index in [-0.39, 0.29) is 29.5 Å². The van der Waals surface area contributed by atoms with Gasteiger partial charge in [0.15, 0.2) is 11.5 Å². The van der Waals surface area contributed by atoms with Gasteiger partial charge in [0.2, 0.25) is 0 Å². The van der Waals surface area contributed by atoms with Crippen molar-refractivity contribution in [2.45, 2.75) is 44.8 Å². The van der Waals surface area contributed by atoms with Crippen LogP contribution in [0.3, 0.4) is 0 Å². The molecular formula is C23H21BrN2O3. The summed E-state index contributed by atoms with van der Waals surface area (Å²) in [5.74, 6) is 0.389. The average Bonchev–Trinajstić information content (AvgIpc) is 3.02. The number of nitrogens with zero attached hydrogens (tertiary/aromatic N) is 2. The lowest BCUT2D eigenvalue weighted by molar-refractivity contribution is -0.131. The smallest absolute Gasteiger partial charge is 0.295 e. The Labute approximate surface area is 177 Å². The first kappa shape index (κ1) is 18.6. The van der Waals surface area contributed by atoms with E-state index in [1.54, 1.807) is 11.1 Å². The van der Waals surface area contributed by atoms with Crippen molar-refractivity contribution in [2.75, 3.05) is 4.90 Å². The number of hydrogen-bond acceptors (Lipinski definition) is 4. The standard InChI is InChI=1S/C23H21BrN2O3/c1-13-10-11-25-18(12-13)26-20(14-6-8-15(24)9-7-14)19-21(27)16-4-2-3-5-17(16)29-22(19)23(26)28/h6-12,16-17,20H,2-5H2,1H3. The highest BCUT2D eigenvalue weighted by molar-refractivity contribution is 9.10. The van der Waals surface area contributed by atoms with Crippen molar-refractivity contribution in [3.05, 3.63) is 69.5 Å². The molecule has 1 aromatic carbocycles. The number of rotatable bonds is 2. The Morgan fingerprint density at radius 2 is 1.86 bits per heavy atom. The molecular weight excluding hydrogens is 432 g/mol. The first-order valence-electron chi connectivity index (χ1n) is 10.0. The number of carbonyl (C=O) groups is 2. The van der Waals surface area contributed by atoms with Crippen molar-refractivity contribution in [1.82, 2.24) is 4.98 Å². The minimum Gasteiger partial charge on any atom is -0.483 e. The van der Waals surface area contributed by atoms with Crippen LogP contribution in [-0.4, -0.2) is 22.8 Å². The second-order valence-corrected chi connectivity index (χ2v) is 8.89. The number of aromatic nitrogens is 1. The summed E-state index contributed by atoms with van der Waals surface area (Å²) in [4.78, 5) is 33.1. The number of anilines is 1. The van der Waals surface area contributed by atoms with Crippen molar-refractivity contribution in [2.24, 2.45) is 5.92 Å². The summed E-state index contributed by atoms with van der Waals surface area (Å²) < 4.78 is 7.13. The van der Waals surface area contributed by atoms with E-state index in [9.17, 15) is 9.59 Å². The highest BCUT2D eigenvalue weighted by Gasteiger charge is 2.52. The Morgan fingerprint density at radius 3 is 2.62 bits per heavy atom. The quantitative estimate of drug-likeness (QED) is 0.664. The number of carbonyl (C=O) groups excluding carboxylic acids is 2. The van der Waals surface area contributed by atoms with Gasteiger partial charge in [0.1, 0.15) is 11.9 Å². The number of ether oxygens (including phenoxy) is 1. The van der Waals surface area contributed by atoms with E-state index < -0.39 is 6.04 Å². The summed E-state index contributed by atoms with van der Waals surface area (Å²) in [6.07, 6.45) is 5.21. The highest BCUT2D eigenvalue weighted by Crippen LogP contribution is 2.48. The first-order chi connectivity index (χ1) is 14.0. The van der Waals surface area contributed by atoms with E-state index in [0.29, 0.717) is 11.4 Å². The molecule has 3 aliphatic rings. The summed E-state index contributed by atoms with van der Waals surface area (Å²) in [6.45, 7) is 1.96. The van der Waals surface area contributed by atoms with E-state index >= 15 is 0 Å². The number of Topliss-reactive ketones (excluding diaryl/α,β-unsaturated/α-hetero) is 1. The number of amides is 1. The lowest BCUT2D eigenvalue weighted by atomic mass is 9.77. The Kier molecular flexibility index (Phi) is 4.54. The van der Waals surface area contributed by atoms with Crippen LogP contribution in [0.5, 0.6) is 0 Å². The third-order valence-corrected chi connectivity index (χ3v) is 6.63. The van der Waals surface area contributed by atoms with E-state index in [2.05, 4.69) is 20.9 Å². The van der Waals surface area contributed by atoms with Crippen LogP contribution in [0.4, 0.5) is 5.82 Å². The normalized spacial score (nSPS) is 26.3. The Morgan fingerprint density at radius 1 is 1.10 bits per heavy atom. The van der Waals surface area contributed by atoms with Gasteiger partial charge in [-0.15, -0.1) is 0 Å². The Balaban J connectivity index is 1.66. The fraction of sp³-hybridized carbons (Fsp3) is 0.348. The number of hydrogen-bond donors (Lipinski definition) is 0. The molecule has 148 valence electrons. The molecule has 29 heavy (non-hydrogen) atoms. The van der Waals surface area contributed by atoms with Gasteiger partial charge in [-0.05, 0) is 61.6 Å². The molecule has 1 amide bonds. The van der Waals surface area contributed by atoms with Crippen LogP contribution in [-0.2, 0) is 14.3 Å². The van der Waals surface area contributed by atoms with Crippen LogP contribution in [0.25, 0.3) is 0 Å². The van der Waals surface area contributed by atoms with Crippen LogP contribution in [0.2, 0.25) is 0 Å². The minimum atomic E-state index is -0.518. The van der Waals surface area contributed by atoms with Gasteiger partial charge in [-0.3, -0.25) is 14.5 Å². The minimum absolute atomic E-state index is 0.0624. The molecule has 3 atom stereocenters. The van der Waals surface area contributed by atoms with Gasteiger partial charge in [-0.1, -0.05) is 34.5 Å². The number of fused-ring (bicyclic) bond motifs is 1. The van der Waals surface area contributed by atoms with Crippen molar-refractivity contribution < 1.29 is 14.3 Å². The molecule has 0 spiro atoms. The van der Waals surface area contributed by atoms with E-state index in [0.717, 1.165) is 41.3 Å². The monoisotopic (exact) mass is 452 g/mol. The zero-order valence-electron chi connectivity index (χ0n) is 16.1. The van der Waals surface area contributed by atoms with Crippen LogP contribution in [0.15, 0.2) is 58.4 Å². The van der Waals surface area contributed by atoms with Gasteiger partial charge in [-0.25, -0.2) is 4.98 Å². The van der Waals surface area contributed by atoms with Crippen LogP contribution in [0.1, 0.15) is 42.9 Å². The lowest BCUT2D eigenvalue weighted by Crippen LogP contribution is -2.39. The third-order valence-electron chi connectivity index (χ3n) is 6.10. The van der Waals surface area contributed by atoms with Gasteiger partial charge >= 0.3 is 0 Å². The second-order valence-electron chi connectivity index (χ2n) is 7.97. The molecule has 5 rings (SSSR count). The van der Waals surface area contributed by atoms with Gasteiger partial charge in [0, 0.05) is 10.7 Å². The van der Waals surface area contributed by atoms with Crippen LogP contribution >= 0.6 is 15.9 Å². The van der Waals surface area contributed by atoms with Gasteiger partial charge < -0.3 is 4.74 Å². The molecule has 2 aliphatic heterocycles. The van der Waals surface area contributed by atoms with Gasteiger partial charge in [0.25, 0.3) is 5.91 Å². The number of pyridine rings is 1. The molecule has 3 heterocycles. The SMILES string of the molecule is Cc1ccnc(N2C(=O)C3=C(C(=O)C4CCCCC4O3)C2c2ccc(Br)cc2)c1. The summed E-state index contributed by atoms with van der Waals surface area (Å²) in [7, 11) is 0. The molecule has 1 fully saturated rings. The molecule has 0 N–H and O–H groups in total. The molecule has 0 bridgehead atoms. The number of halogens is 1. The van der Waals surface area contributed by atoms with E-state index in [4.69, 9.17) is 4.74 Å². The molecule has 0 radical (unpaired) electrons. The molecule has 1 aromatic heterocycles. The predicted octanol–water partition coefficient (Wildman–Crippen LogP) is 4.65. The fourth-order valence-corrected chi connectivity index (χ4v) is 4.96. The molecule has 1 saturated carbocycles. The molecule has 2 aromatic rings. The Hall–Kier alpha value is -2.47. The largest absolute Gasteiger partial charge is 0.483 e. The van der Waals surface area contributed by atoms with Crippen LogP contribution in [0, 0.1) is 12.8 Å². The van der Waals surface area contributed by atoms with E-state index in [1.807, 2.05) is 43.3 Å². The van der Waals surface area contributed by atoms with Gasteiger partial charge in [0.05, 0.1) is 17.5 Å². The fourth-order valence-electron chi connectivity index (χ4n) is 4.69.